The third-order valence-corrected chi connectivity index (χ3v) is 3.67. The first-order valence-electron chi connectivity index (χ1n) is 7.96. The maximum Gasteiger partial charge on any atom is 0.387 e. The molecule has 1 unspecified atom stereocenters. The number of carbonyl (C=O) groups excluding carboxylic acids is 1. The average Bonchev–Trinajstić information content (AvgIpc) is 2.95. The molecule has 0 aliphatic carbocycles. The van der Waals surface area contributed by atoms with Crippen molar-refractivity contribution in [1.29, 1.82) is 0 Å². The highest BCUT2D eigenvalue weighted by Crippen LogP contribution is 2.17. The van der Waals surface area contributed by atoms with E-state index in [1.807, 2.05) is 31.6 Å². The van der Waals surface area contributed by atoms with Gasteiger partial charge in [-0.1, -0.05) is 12.1 Å². The van der Waals surface area contributed by atoms with E-state index in [1.165, 1.54) is 18.2 Å². The molecule has 1 amide bonds. The van der Waals surface area contributed by atoms with E-state index in [4.69, 9.17) is 0 Å². The Labute approximate surface area is 145 Å². The zero-order chi connectivity index (χ0) is 18.4. The lowest BCUT2D eigenvalue weighted by Crippen LogP contribution is -2.24. The van der Waals surface area contributed by atoms with Gasteiger partial charge in [0, 0.05) is 24.4 Å². The van der Waals surface area contributed by atoms with Crippen LogP contribution in [0.2, 0.25) is 0 Å². The molecule has 0 bridgehead atoms. The van der Waals surface area contributed by atoms with E-state index in [1.54, 1.807) is 18.2 Å². The monoisotopic (exact) mass is 349 g/mol. The highest BCUT2D eigenvalue weighted by molar-refractivity contribution is 5.92. The lowest BCUT2D eigenvalue weighted by molar-refractivity contribution is -0.117. The molecule has 1 aromatic heterocycles. The van der Waals surface area contributed by atoms with Gasteiger partial charge < -0.3 is 10.1 Å². The van der Waals surface area contributed by atoms with E-state index in [9.17, 15) is 13.6 Å². The average molecular weight is 349 g/mol. The van der Waals surface area contributed by atoms with Crippen LogP contribution in [0.1, 0.15) is 36.7 Å². The molecule has 1 aromatic carbocycles. The van der Waals surface area contributed by atoms with Crippen LogP contribution in [0.5, 0.6) is 5.75 Å². The molecular weight excluding hydrogens is 328 g/mol. The second-order valence-corrected chi connectivity index (χ2v) is 5.54. The van der Waals surface area contributed by atoms with E-state index < -0.39 is 6.61 Å². The second-order valence-electron chi connectivity index (χ2n) is 5.54. The van der Waals surface area contributed by atoms with Crippen molar-refractivity contribution < 1.29 is 18.3 Å². The summed E-state index contributed by atoms with van der Waals surface area (Å²) in [7, 11) is 0. The molecule has 0 spiro atoms. The number of halogens is 2. The Morgan fingerprint density at radius 3 is 2.60 bits per heavy atom. The Morgan fingerprint density at radius 1 is 1.36 bits per heavy atom. The third-order valence-electron chi connectivity index (χ3n) is 3.67. The zero-order valence-corrected chi connectivity index (χ0v) is 14.4. The number of hydrogen-bond donors (Lipinski definition) is 1. The van der Waals surface area contributed by atoms with Gasteiger partial charge in [-0.25, -0.2) is 0 Å². The van der Waals surface area contributed by atoms with Gasteiger partial charge in [-0.15, -0.1) is 0 Å². The van der Waals surface area contributed by atoms with Crippen LogP contribution in [0.25, 0.3) is 6.08 Å². The normalized spacial score (nSPS) is 12.6. The molecule has 25 heavy (non-hydrogen) atoms. The van der Waals surface area contributed by atoms with E-state index >= 15 is 0 Å². The smallest absolute Gasteiger partial charge is 0.387 e. The number of aromatic nitrogens is 2. The summed E-state index contributed by atoms with van der Waals surface area (Å²) in [5, 5.41) is 7.24. The fourth-order valence-electron chi connectivity index (χ4n) is 2.39. The largest absolute Gasteiger partial charge is 0.435 e. The van der Waals surface area contributed by atoms with Crippen molar-refractivity contribution in [1.82, 2.24) is 15.1 Å². The maximum atomic E-state index is 12.1. The highest BCUT2D eigenvalue weighted by Gasteiger charge is 2.13. The number of benzene rings is 1. The molecule has 7 heteroatoms. The number of aryl methyl sites for hydroxylation is 2. The summed E-state index contributed by atoms with van der Waals surface area (Å²) in [5.41, 5.74) is 2.56. The quantitative estimate of drug-likeness (QED) is 0.776. The zero-order valence-electron chi connectivity index (χ0n) is 14.4. The summed E-state index contributed by atoms with van der Waals surface area (Å²) in [6.45, 7) is 3.72. The van der Waals surface area contributed by atoms with Crippen LogP contribution in [-0.2, 0) is 11.3 Å². The van der Waals surface area contributed by atoms with Crippen molar-refractivity contribution in [3.05, 3.63) is 53.4 Å². The summed E-state index contributed by atoms with van der Waals surface area (Å²) in [6, 6.07) is 5.88. The molecular formula is C18H21F2N3O2. The van der Waals surface area contributed by atoms with Gasteiger partial charge in [0.15, 0.2) is 0 Å². The van der Waals surface area contributed by atoms with Crippen LogP contribution in [0, 0.1) is 6.92 Å². The number of carbonyl (C=O) groups is 1. The van der Waals surface area contributed by atoms with Crippen LogP contribution in [0.4, 0.5) is 8.78 Å². The van der Waals surface area contributed by atoms with E-state index in [-0.39, 0.29) is 17.7 Å². The van der Waals surface area contributed by atoms with Crippen molar-refractivity contribution in [2.45, 2.75) is 40.0 Å². The van der Waals surface area contributed by atoms with Gasteiger partial charge in [0.1, 0.15) is 5.75 Å². The summed E-state index contributed by atoms with van der Waals surface area (Å²) in [5.74, 6) is -0.169. The van der Waals surface area contributed by atoms with E-state index in [0.717, 1.165) is 17.8 Å². The number of nitrogens with zero attached hydrogens (tertiary/aromatic N) is 2. The molecule has 1 atom stereocenters. The highest BCUT2D eigenvalue weighted by atomic mass is 19.3. The lowest BCUT2D eigenvalue weighted by atomic mass is 10.1. The molecule has 0 radical (unpaired) electrons. The molecule has 2 aromatic rings. The predicted molar refractivity (Wildman–Crippen MR) is 91.3 cm³/mol. The Bertz CT molecular complexity index is 739. The maximum absolute atomic E-state index is 12.1. The molecule has 0 saturated carbocycles. The standard InChI is InChI=1S/C18H21F2N3O2/c1-4-23-11-16(13(3)22-23)12(2)21-17(24)10-7-14-5-8-15(9-6-14)25-18(19)20/h5-12,18H,4H2,1-3H3,(H,21,24)/b10-7-. The number of alkyl halides is 2. The van der Waals surface area contributed by atoms with Crippen molar-refractivity contribution in [2.75, 3.05) is 0 Å². The molecule has 2 rings (SSSR count). The van der Waals surface area contributed by atoms with E-state index in [0.29, 0.717) is 5.56 Å². The molecule has 0 aliphatic rings. The SMILES string of the molecule is CCn1cc(C(C)NC(=O)/C=C\c2ccc(OC(F)F)cc2)c(C)n1. The minimum Gasteiger partial charge on any atom is -0.435 e. The van der Waals surface area contributed by atoms with Gasteiger partial charge in [0.25, 0.3) is 0 Å². The minimum atomic E-state index is -2.85. The number of nitrogens with one attached hydrogen (secondary N) is 1. The van der Waals surface area contributed by atoms with Gasteiger partial charge in [-0.05, 0) is 44.5 Å². The van der Waals surface area contributed by atoms with Gasteiger partial charge in [0.2, 0.25) is 5.91 Å². The summed E-state index contributed by atoms with van der Waals surface area (Å²) in [6.07, 6.45) is 4.93. The first kappa shape index (κ1) is 18.6. The van der Waals surface area contributed by atoms with Gasteiger partial charge in [-0.3, -0.25) is 9.48 Å². The molecule has 1 N–H and O–H groups in total. The topological polar surface area (TPSA) is 56.2 Å². The minimum absolute atomic E-state index is 0.0774. The van der Waals surface area contributed by atoms with Crippen molar-refractivity contribution in [2.24, 2.45) is 0 Å². The fourth-order valence-corrected chi connectivity index (χ4v) is 2.39. The third kappa shape index (κ3) is 5.41. The Morgan fingerprint density at radius 2 is 2.04 bits per heavy atom. The van der Waals surface area contributed by atoms with Crippen molar-refractivity contribution in [3.8, 4) is 5.75 Å². The number of rotatable bonds is 7. The lowest BCUT2D eigenvalue weighted by Gasteiger charge is -2.11. The van der Waals surface area contributed by atoms with Crippen molar-refractivity contribution >= 4 is 12.0 Å². The van der Waals surface area contributed by atoms with Crippen LogP contribution in [-0.4, -0.2) is 22.3 Å². The molecule has 5 nitrogen and oxygen atoms in total. The molecule has 0 fully saturated rings. The first-order valence-corrected chi connectivity index (χ1v) is 7.96. The van der Waals surface area contributed by atoms with Crippen LogP contribution in [0.3, 0.4) is 0 Å². The van der Waals surface area contributed by atoms with Gasteiger partial charge >= 0.3 is 6.61 Å². The summed E-state index contributed by atoms with van der Waals surface area (Å²) >= 11 is 0. The number of ether oxygens (including phenoxy) is 1. The Hall–Kier alpha value is -2.70. The number of amides is 1. The second kappa shape index (κ2) is 8.41. The van der Waals surface area contributed by atoms with Gasteiger partial charge in [-0.2, -0.15) is 13.9 Å². The Kier molecular flexibility index (Phi) is 6.27. The summed E-state index contributed by atoms with van der Waals surface area (Å²) in [4.78, 5) is 12.1. The van der Waals surface area contributed by atoms with Crippen LogP contribution >= 0.6 is 0 Å². The first-order chi connectivity index (χ1) is 11.9. The molecule has 0 saturated heterocycles. The van der Waals surface area contributed by atoms with Gasteiger partial charge in [0.05, 0.1) is 11.7 Å². The predicted octanol–water partition coefficient (Wildman–Crippen LogP) is 3.70. The van der Waals surface area contributed by atoms with Crippen LogP contribution < -0.4 is 10.1 Å². The molecule has 1 heterocycles. The van der Waals surface area contributed by atoms with Crippen LogP contribution in [0.15, 0.2) is 36.5 Å². The van der Waals surface area contributed by atoms with E-state index in [2.05, 4.69) is 15.2 Å². The molecule has 0 aliphatic heterocycles. The Balaban J connectivity index is 1.94. The summed E-state index contributed by atoms with van der Waals surface area (Å²) < 4.78 is 30.3. The molecule has 134 valence electrons. The number of hydrogen-bond acceptors (Lipinski definition) is 3. The van der Waals surface area contributed by atoms with Crippen molar-refractivity contribution in [3.63, 3.8) is 0 Å². The fraction of sp³-hybridized carbons (Fsp3) is 0.333.